The van der Waals surface area contributed by atoms with Crippen molar-refractivity contribution in [2.75, 3.05) is 0 Å². The Kier molecular flexibility index (Phi) is 4.92. The van der Waals surface area contributed by atoms with Crippen molar-refractivity contribution < 1.29 is 9.90 Å². The van der Waals surface area contributed by atoms with Crippen LogP contribution in [0.1, 0.15) is 26.3 Å². The van der Waals surface area contributed by atoms with Crippen LogP contribution in [0.5, 0.6) is 0 Å². The fourth-order valence-corrected chi connectivity index (χ4v) is 0.534. The van der Waals surface area contributed by atoms with E-state index in [1.807, 2.05) is 18.2 Å². The molecule has 0 aliphatic heterocycles. The van der Waals surface area contributed by atoms with Gasteiger partial charge in [0.2, 0.25) is 0 Å². The topological polar surface area (TPSA) is 37.3 Å². The Bertz CT molecular complexity index is 270. The van der Waals surface area contributed by atoms with Gasteiger partial charge in [0.05, 0.1) is 5.41 Å². The van der Waals surface area contributed by atoms with Crippen LogP contribution >= 0.6 is 0 Å². The van der Waals surface area contributed by atoms with E-state index < -0.39 is 11.4 Å². The van der Waals surface area contributed by atoms with Crippen molar-refractivity contribution in [3.8, 4) is 0 Å². The van der Waals surface area contributed by atoms with Crippen LogP contribution in [0.4, 0.5) is 0 Å². The third-order valence-corrected chi connectivity index (χ3v) is 1.58. The first-order valence-electron chi connectivity index (χ1n) is 4.59. The summed E-state index contributed by atoms with van der Waals surface area (Å²) in [5.41, 5.74) is 0.738. The van der Waals surface area contributed by atoms with E-state index >= 15 is 0 Å². The van der Waals surface area contributed by atoms with Crippen molar-refractivity contribution in [3.05, 3.63) is 35.9 Å². The van der Waals surface area contributed by atoms with Crippen molar-refractivity contribution in [1.29, 1.82) is 0 Å². The molecule has 0 aromatic heterocycles. The largest absolute Gasteiger partial charge is 0.481 e. The lowest BCUT2D eigenvalue weighted by atomic mass is 9.98. The maximum absolute atomic E-state index is 10.0. The fourth-order valence-electron chi connectivity index (χ4n) is 0.534. The summed E-state index contributed by atoms with van der Waals surface area (Å²) in [6, 6.07) is 10.3. The van der Waals surface area contributed by atoms with E-state index in [2.05, 4.69) is 19.1 Å². The molecule has 0 radical (unpaired) electrons. The second-order valence-corrected chi connectivity index (χ2v) is 4.21. The predicted octanol–water partition coefficient (Wildman–Crippen LogP) is 3.11. The van der Waals surface area contributed by atoms with Gasteiger partial charge in [0.1, 0.15) is 0 Å². The first-order valence-corrected chi connectivity index (χ1v) is 4.59. The second kappa shape index (κ2) is 5.43. The minimum Gasteiger partial charge on any atom is -0.481 e. The SMILES string of the molecule is CC(C)(C)C(=O)O.Cc1ccccc1. The number of hydrogen-bond donors (Lipinski definition) is 1. The lowest BCUT2D eigenvalue weighted by molar-refractivity contribution is -0.145. The molecule has 1 rings (SSSR count). The molecule has 0 bridgehead atoms. The van der Waals surface area contributed by atoms with E-state index in [1.165, 1.54) is 5.56 Å². The van der Waals surface area contributed by atoms with E-state index in [4.69, 9.17) is 5.11 Å². The van der Waals surface area contributed by atoms with Gasteiger partial charge in [-0.1, -0.05) is 35.9 Å². The standard InChI is InChI=1S/C7H8.C5H10O2/c1-7-5-3-2-4-6-7;1-5(2,3)4(6)7/h2-6H,1H3;1-3H3,(H,6,7). The highest BCUT2D eigenvalue weighted by atomic mass is 16.4. The van der Waals surface area contributed by atoms with Crippen molar-refractivity contribution in [2.45, 2.75) is 27.7 Å². The minimum atomic E-state index is -0.757. The number of benzene rings is 1. The van der Waals surface area contributed by atoms with E-state index in [0.29, 0.717) is 0 Å². The number of carbonyl (C=O) groups is 1. The zero-order valence-electron chi connectivity index (χ0n) is 9.24. The number of aliphatic carboxylic acids is 1. The summed E-state index contributed by atoms with van der Waals surface area (Å²) in [6.07, 6.45) is 0. The summed E-state index contributed by atoms with van der Waals surface area (Å²) in [5.74, 6) is -0.757. The van der Waals surface area contributed by atoms with Gasteiger partial charge in [-0.05, 0) is 27.7 Å². The Morgan fingerprint density at radius 2 is 1.50 bits per heavy atom. The number of carboxylic acids is 1. The number of hydrogen-bond acceptors (Lipinski definition) is 1. The predicted molar refractivity (Wildman–Crippen MR) is 58.3 cm³/mol. The van der Waals surface area contributed by atoms with Crippen LogP contribution in [0.2, 0.25) is 0 Å². The molecule has 0 unspecified atom stereocenters. The average molecular weight is 194 g/mol. The summed E-state index contributed by atoms with van der Waals surface area (Å²) in [4.78, 5) is 10.0. The number of rotatable bonds is 0. The Balaban J connectivity index is 0.000000241. The fraction of sp³-hybridized carbons (Fsp3) is 0.417. The molecule has 14 heavy (non-hydrogen) atoms. The van der Waals surface area contributed by atoms with Crippen LogP contribution in [0.25, 0.3) is 0 Å². The van der Waals surface area contributed by atoms with Crippen molar-refractivity contribution >= 4 is 5.97 Å². The van der Waals surface area contributed by atoms with Crippen LogP contribution in [0, 0.1) is 12.3 Å². The lowest BCUT2D eigenvalue weighted by Gasteiger charge is -2.08. The molecule has 0 atom stereocenters. The normalized spacial score (nSPS) is 10.0. The van der Waals surface area contributed by atoms with E-state index in [1.54, 1.807) is 20.8 Å². The molecule has 2 nitrogen and oxygen atoms in total. The summed E-state index contributed by atoms with van der Waals surface area (Å²) in [7, 11) is 0. The molecule has 1 N–H and O–H groups in total. The maximum Gasteiger partial charge on any atom is 0.308 e. The zero-order chi connectivity index (χ0) is 11.2. The Labute approximate surface area is 85.6 Å². The van der Waals surface area contributed by atoms with Gasteiger partial charge in [-0.2, -0.15) is 0 Å². The monoisotopic (exact) mass is 194 g/mol. The maximum atomic E-state index is 10.0. The zero-order valence-corrected chi connectivity index (χ0v) is 9.24. The molecule has 0 spiro atoms. The molecule has 0 heterocycles. The number of aryl methyl sites for hydroxylation is 1. The molecule has 2 heteroatoms. The summed E-state index contributed by atoms with van der Waals surface area (Å²) in [5, 5.41) is 8.25. The number of carboxylic acid groups (broad SMARTS) is 1. The molecule has 0 amide bonds. The molecule has 0 saturated carbocycles. The Morgan fingerprint density at radius 3 is 1.64 bits per heavy atom. The molecular weight excluding hydrogens is 176 g/mol. The first kappa shape index (κ1) is 12.7. The van der Waals surface area contributed by atoms with Gasteiger partial charge in [0.15, 0.2) is 0 Å². The van der Waals surface area contributed by atoms with E-state index in [-0.39, 0.29) is 0 Å². The van der Waals surface area contributed by atoms with Crippen LogP contribution in [0.15, 0.2) is 30.3 Å². The third kappa shape index (κ3) is 6.23. The summed E-state index contributed by atoms with van der Waals surface area (Å²) in [6.45, 7) is 7.07. The molecule has 0 fully saturated rings. The molecule has 1 aromatic carbocycles. The molecule has 0 aliphatic carbocycles. The summed E-state index contributed by atoms with van der Waals surface area (Å²) < 4.78 is 0. The minimum absolute atomic E-state index is 0.583. The molecule has 1 aromatic rings. The van der Waals surface area contributed by atoms with Crippen molar-refractivity contribution in [3.63, 3.8) is 0 Å². The van der Waals surface area contributed by atoms with Gasteiger partial charge >= 0.3 is 5.97 Å². The van der Waals surface area contributed by atoms with E-state index in [9.17, 15) is 4.79 Å². The average Bonchev–Trinajstić information content (AvgIpc) is 2.04. The smallest absolute Gasteiger partial charge is 0.308 e. The Hall–Kier alpha value is -1.31. The van der Waals surface area contributed by atoms with Gasteiger partial charge in [-0.25, -0.2) is 0 Å². The molecule has 0 aliphatic rings. The van der Waals surface area contributed by atoms with Gasteiger partial charge < -0.3 is 5.11 Å². The highest BCUT2D eigenvalue weighted by Gasteiger charge is 2.18. The Morgan fingerprint density at radius 1 is 1.14 bits per heavy atom. The van der Waals surface area contributed by atoms with Crippen molar-refractivity contribution in [1.82, 2.24) is 0 Å². The van der Waals surface area contributed by atoms with Crippen LogP contribution < -0.4 is 0 Å². The van der Waals surface area contributed by atoms with Crippen LogP contribution in [0.3, 0.4) is 0 Å². The quantitative estimate of drug-likeness (QED) is 0.689. The van der Waals surface area contributed by atoms with Crippen molar-refractivity contribution in [2.24, 2.45) is 5.41 Å². The van der Waals surface area contributed by atoms with Gasteiger partial charge in [-0.15, -0.1) is 0 Å². The third-order valence-electron chi connectivity index (χ3n) is 1.58. The van der Waals surface area contributed by atoms with Gasteiger partial charge in [0.25, 0.3) is 0 Å². The molecule has 0 saturated heterocycles. The molecule has 78 valence electrons. The highest BCUT2D eigenvalue weighted by molar-refractivity contribution is 5.72. The van der Waals surface area contributed by atoms with Gasteiger partial charge in [0, 0.05) is 0 Å². The van der Waals surface area contributed by atoms with E-state index in [0.717, 1.165) is 0 Å². The van der Waals surface area contributed by atoms with Gasteiger partial charge in [-0.3, -0.25) is 4.79 Å². The van der Waals surface area contributed by atoms with Crippen LogP contribution in [-0.2, 0) is 4.79 Å². The van der Waals surface area contributed by atoms with Crippen LogP contribution in [-0.4, -0.2) is 11.1 Å². The summed E-state index contributed by atoms with van der Waals surface area (Å²) >= 11 is 0. The first-order chi connectivity index (χ1) is 6.34. The highest BCUT2D eigenvalue weighted by Crippen LogP contribution is 2.11. The lowest BCUT2D eigenvalue weighted by Crippen LogP contribution is -2.18. The molecular formula is C12H18O2. The second-order valence-electron chi connectivity index (χ2n) is 4.21.